The second-order valence-electron chi connectivity index (χ2n) is 5.21. The molecule has 0 saturated heterocycles. The van der Waals surface area contributed by atoms with E-state index in [0.717, 1.165) is 31.4 Å². The molecule has 1 aromatic carbocycles. The van der Waals surface area contributed by atoms with Gasteiger partial charge in [0, 0.05) is 23.2 Å². The van der Waals surface area contributed by atoms with Gasteiger partial charge in [-0.05, 0) is 56.9 Å². The molecule has 0 N–H and O–H groups in total. The smallest absolute Gasteiger partial charge is 0.233 e. The molecule has 110 valence electrons. The van der Waals surface area contributed by atoms with Crippen molar-refractivity contribution in [2.75, 3.05) is 0 Å². The first-order valence-corrected chi connectivity index (χ1v) is 7.79. The number of nitriles is 1. The predicted octanol–water partition coefficient (Wildman–Crippen LogP) is 3.57. The lowest BCUT2D eigenvalue weighted by atomic mass is 9.85. The molecule has 0 bridgehead atoms. The number of rotatable bonds is 4. The minimum Gasteiger partial charge on any atom is -0.490 e. The third-order valence-electron chi connectivity index (χ3n) is 3.78. The molecular weight excluding hydrogens is 286 g/mol. The molecule has 0 aromatic heterocycles. The summed E-state index contributed by atoms with van der Waals surface area (Å²) in [5.41, 5.74) is 0.495. The Bertz CT molecular complexity index is 554. The Hall–Kier alpha value is -1.80. The highest BCUT2D eigenvalue weighted by molar-refractivity contribution is 8.18. The van der Waals surface area contributed by atoms with Crippen molar-refractivity contribution in [3.05, 3.63) is 29.8 Å². The van der Waals surface area contributed by atoms with Crippen LogP contribution in [-0.2, 0) is 4.79 Å². The highest BCUT2D eigenvalue weighted by Crippen LogP contribution is 2.28. The standard InChI is InChI=1S/C16H17NO3S/c1-11(18)12-2-6-14(7-3-12)20-15-8-4-13(5-9-15)16(19)21-10-17/h4-5,8-9,12,14H,2-3,6-7H2,1H3. The molecule has 0 aliphatic heterocycles. The summed E-state index contributed by atoms with van der Waals surface area (Å²) in [6, 6.07) is 6.84. The van der Waals surface area contributed by atoms with Crippen LogP contribution in [0, 0.1) is 16.6 Å². The van der Waals surface area contributed by atoms with Gasteiger partial charge >= 0.3 is 0 Å². The topological polar surface area (TPSA) is 67.2 Å². The molecule has 1 aliphatic carbocycles. The van der Waals surface area contributed by atoms with E-state index in [2.05, 4.69) is 0 Å². The molecular formula is C16H17NO3S. The maximum atomic E-state index is 11.5. The van der Waals surface area contributed by atoms with Gasteiger partial charge in [-0.1, -0.05) is 0 Å². The Morgan fingerprint density at radius 2 is 1.81 bits per heavy atom. The monoisotopic (exact) mass is 303 g/mol. The maximum Gasteiger partial charge on any atom is 0.233 e. The highest BCUT2D eigenvalue weighted by atomic mass is 32.2. The zero-order chi connectivity index (χ0) is 15.2. The normalized spacial score (nSPS) is 21.3. The summed E-state index contributed by atoms with van der Waals surface area (Å²) < 4.78 is 5.88. The number of carbonyl (C=O) groups is 2. The van der Waals surface area contributed by atoms with Crippen molar-refractivity contribution in [1.29, 1.82) is 5.26 Å². The van der Waals surface area contributed by atoms with Crippen molar-refractivity contribution in [3.63, 3.8) is 0 Å². The lowest BCUT2D eigenvalue weighted by Gasteiger charge is -2.27. The molecule has 0 amide bonds. The Labute approximate surface area is 128 Å². The zero-order valence-electron chi connectivity index (χ0n) is 11.9. The fourth-order valence-electron chi connectivity index (χ4n) is 2.55. The van der Waals surface area contributed by atoms with Gasteiger partial charge in [-0.25, -0.2) is 0 Å². The summed E-state index contributed by atoms with van der Waals surface area (Å²) in [5, 5.41) is 9.98. The van der Waals surface area contributed by atoms with Gasteiger partial charge in [0.15, 0.2) is 0 Å². The van der Waals surface area contributed by atoms with E-state index in [1.165, 1.54) is 0 Å². The second-order valence-corrected chi connectivity index (χ2v) is 5.96. The van der Waals surface area contributed by atoms with E-state index in [1.54, 1.807) is 36.6 Å². The van der Waals surface area contributed by atoms with E-state index in [0.29, 0.717) is 17.3 Å². The number of hydrogen-bond acceptors (Lipinski definition) is 5. The first-order chi connectivity index (χ1) is 10.1. The number of thioether (sulfide) groups is 1. The third kappa shape index (κ3) is 4.33. The van der Waals surface area contributed by atoms with Gasteiger partial charge in [0.2, 0.25) is 5.12 Å². The predicted molar refractivity (Wildman–Crippen MR) is 81.0 cm³/mol. The van der Waals surface area contributed by atoms with Crippen LogP contribution in [-0.4, -0.2) is 17.0 Å². The molecule has 1 saturated carbocycles. The Morgan fingerprint density at radius 3 is 2.33 bits per heavy atom. The van der Waals surface area contributed by atoms with Crippen LogP contribution in [0.5, 0.6) is 5.75 Å². The van der Waals surface area contributed by atoms with Crippen LogP contribution in [0.1, 0.15) is 43.0 Å². The lowest BCUT2D eigenvalue weighted by molar-refractivity contribution is -0.122. The number of thiocyanates is 1. The van der Waals surface area contributed by atoms with Crippen molar-refractivity contribution in [2.45, 2.75) is 38.7 Å². The molecule has 0 atom stereocenters. The van der Waals surface area contributed by atoms with Gasteiger partial charge < -0.3 is 4.74 Å². The summed E-state index contributed by atoms with van der Waals surface area (Å²) in [7, 11) is 0. The van der Waals surface area contributed by atoms with E-state index < -0.39 is 0 Å². The average Bonchev–Trinajstić information content (AvgIpc) is 2.49. The fraction of sp³-hybridized carbons (Fsp3) is 0.438. The van der Waals surface area contributed by atoms with Crippen LogP contribution in [0.25, 0.3) is 0 Å². The van der Waals surface area contributed by atoms with Crippen molar-refractivity contribution in [3.8, 4) is 11.2 Å². The summed E-state index contributed by atoms with van der Waals surface area (Å²) in [6.45, 7) is 1.65. The summed E-state index contributed by atoms with van der Waals surface area (Å²) >= 11 is 0.623. The number of Topliss-reactive ketones (excluding diaryl/α,β-unsaturated/α-hetero) is 1. The number of ketones is 1. The van der Waals surface area contributed by atoms with Crippen molar-refractivity contribution in [2.24, 2.45) is 5.92 Å². The molecule has 2 rings (SSSR count). The van der Waals surface area contributed by atoms with Gasteiger partial charge in [-0.3, -0.25) is 9.59 Å². The molecule has 1 fully saturated rings. The Kier molecular flexibility index (Phi) is 5.40. The molecule has 0 radical (unpaired) electrons. The minimum atomic E-state index is -0.258. The molecule has 1 aliphatic rings. The first kappa shape index (κ1) is 15.6. The highest BCUT2D eigenvalue weighted by Gasteiger charge is 2.25. The quantitative estimate of drug-likeness (QED) is 0.795. The second kappa shape index (κ2) is 7.28. The number of carbonyl (C=O) groups excluding carboxylic acids is 2. The van der Waals surface area contributed by atoms with Crippen molar-refractivity contribution >= 4 is 22.7 Å². The van der Waals surface area contributed by atoms with Crippen molar-refractivity contribution < 1.29 is 14.3 Å². The van der Waals surface area contributed by atoms with Gasteiger partial charge in [0.1, 0.15) is 16.9 Å². The molecule has 0 spiro atoms. The van der Waals surface area contributed by atoms with Gasteiger partial charge in [-0.15, -0.1) is 0 Å². The number of hydrogen-bond donors (Lipinski definition) is 0. The van der Waals surface area contributed by atoms with Crippen LogP contribution < -0.4 is 4.74 Å². The zero-order valence-corrected chi connectivity index (χ0v) is 12.7. The first-order valence-electron chi connectivity index (χ1n) is 6.97. The largest absolute Gasteiger partial charge is 0.490 e. The van der Waals surface area contributed by atoms with Crippen LogP contribution in [0.15, 0.2) is 24.3 Å². The van der Waals surface area contributed by atoms with Crippen molar-refractivity contribution in [1.82, 2.24) is 0 Å². The Morgan fingerprint density at radius 1 is 1.19 bits per heavy atom. The van der Waals surface area contributed by atoms with Gasteiger partial charge in [0.05, 0.1) is 6.10 Å². The van der Waals surface area contributed by atoms with Gasteiger partial charge in [-0.2, -0.15) is 5.26 Å². The summed E-state index contributed by atoms with van der Waals surface area (Å²) in [6.07, 6.45) is 3.67. The van der Waals surface area contributed by atoms with E-state index in [4.69, 9.17) is 10.00 Å². The SMILES string of the molecule is CC(=O)C1CCC(Oc2ccc(C(=O)SC#N)cc2)CC1. The van der Waals surface area contributed by atoms with E-state index in [-0.39, 0.29) is 22.9 Å². The molecule has 4 nitrogen and oxygen atoms in total. The molecule has 5 heteroatoms. The number of benzene rings is 1. The number of nitrogens with zero attached hydrogens (tertiary/aromatic N) is 1. The molecule has 21 heavy (non-hydrogen) atoms. The summed E-state index contributed by atoms with van der Waals surface area (Å²) in [4.78, 5) is 22.8. The van der Waals surface area contributed by atoms with Crippen LogP contribution >= 0.6 is 11.8 Å². The van der Waals surface area contributed by atoms with E-state index in [9.17, 15) is 9.59 Å². The maximum absolute atomic E-state index is 11.5. The third-order valence-corrected chi connectivity index (χ3v) is 4.29. The lowest BCUT2D eigenvalue weighted by Crippen LogP contribution is -2.27. The molecule has 0 unspecified atom stereocenters. The van der Waals surface area contributed by atoms with E-state index in [1.807, 2.05) is 0 Å². The van der Waals surface area contributed by atoms with Crippen LogP contribution in [0.2, 0.25) is 0 Å². The van der Waals surface area contributed by atoms with Gasteiger partial charge in [0.25, 0.3) is 0 Å². The summed E-state index contributed by atoms with van der Waals surface area (Å²) in [5.74, 6) is 1.18. The van der Waals surface area contributed by atoms with Crippen LogP contribution in [0.3, 0.4) is 0 Å². The molecule has 1 aromatic rings. The average molecular weight is 303 g/mol. The molecule has 0 heterocycles. The van der Waals surface area contributed by atoms with Crippen LogP contribution in [0.4, 0.5) is 0 Å². The minimum absolute atomic E-state index is 0.135. The number of ether oxygens (including phenoxy) is 1. The fourth-order valence-corrected chi connectivity index (χ4v) is 2.89. The van der Waals surface area contributed by atoms with E-state index >= 15 is 0 Å². The Balaban J connectivity index is 1.88.